The van der Waals surface area contributed by atoms with E-state index in [4.69, 9.17) is 0 Å². The van der Waals surface area contributed by atoms with Crippen molar-refractivity contribution in [1.82, 2.24) is 0 Å². The van der Waals surface area contributed by atoms with Gasteiger partial charge in [-0.1, -0.05) is 56.1 Å². The second-order valence-electron chi connectivity index (χ2n) is 3.74. The van der Waals surface area contributed by atoms with Gasteiger partial charge in [-0.2, -0.15) is 0 Å². The van der Waals surface area contributed by atoms with Gasteiger partial charge in [-0.05, 0) is 35.4 Å². The highest BCUT2D eigenvalue weighted by atomic mass is 79.9. The number of rotatable bonds is 2. The van der Waals surface area contributed by atoms with Crippen molar-refractivity contribution < 1.29 is 0 Å². The Labute approximate surface area is 135 Å². The van der Waals surface area contributed by atoms with Crippen LogP contribution in [0.4, 0.5) is 0 Å². The average Bonchev–Trinajstić information content (AvgIpc) is 2.30. The summed E-state index contributed by atoms with van der Waals surface area (Å²) in [5.41, 5.74) is 2.16. The molecular formula is C14H10Br2S2. The topological polar surface area (TPSA) is 0 Å². The Morgan fingerprint density at radius 3 is 1.44 bits per heavy atom. The normalized spacial score (nSPS) is 11.1. The van der Waals surface area contributed by atoms with Crippen molar-refractivity contribution in [3.05, 3.63) is 56.5 Å². The van der Waals surface area contributed by atoms with Gasteiger partial charge in [0.05, 0.1) is 0 Å². The van der Waals surface area contributed by atoms with Crippen LogP contribution in [0.5, 0.6) is 0 Å². The number of thiol groups is 2. The van der Waals surface area contributed by atoms with E-state index in [9.17, 15) is 0 Å². The molecule has 2 aromatic rings. The Morgan fingerprint density at radius 2 is 1.11 bits per heavy atom. The summed E-state index contributed by atoms with van der Waals surface area (Å²) in [6.45, 7) is 0. The van der Waals surface area contributed by atoms with E-state index in [0.29, 0.717) is 0 Å². The van der Waals surface area contributed by atoms with Crippen LogP contribution in [0.1, 0.15) is 11.1 Å². The minimum absolute atomic E-state index is 0.943. The second kappa shape index (κ2) is 6.33. The predicted octanol–water partition coefficient (Wildman–Crippen LogP) is 5.96. The average molecular weight is 402 g/mol. The molecule has 0 N–H and O–H groups in total. The first-order valence-corrected chi connectivity index (χ1v) is 7.69. The molecule has 2 rings (SSSR count). The molecule has 0 spiro atoms. The van der Waals surface area contributed by atoms with Crippen LogP contribution < -0.4 is 0 Å². The zero-order chi connectivity index (χ0) is 13.1. The van der Waals surface area contributed by atoms with E-state index >= 15 is 0 Å². The molecule has 0 saturated heterocycles. The quantitative estimate of drug-likeness (QED) is 0.450. The Bertz CT molecular complexity index is 553. The van der Waals surface area contributed by atoms with Gasteiger partial charge in [0.15, 0.2) is 0 Å². The molecule has 0 atom stereocenters. The summed E-state index contributed by atoms with van der Waals surface area (Å²) in [4.78, 5) is 1.89. The molecule has 0 heterocycles. The van der Waals surface area contributed by atoms with Crippen molar-refractivity contribution in [2.45, 2.75) is 9.79 Å². The molecule has 0 nitrogen and oxygen atoms in total. The van der Waals surface area contributed by atoms with Gasteiger partial charge in [-0.15, -0.1) is 25.3 Å². The minimum atomic E-state index is 0.943. The molecule has 0 aliphatic heterocycles. The molecule has 0 aliphatic carbocycles. The van der Waals surface area contributed by atoms with Gasteiger partial charge in [-0.25, -0.2) is 0 Å². The van der Waals surface area contributed by atoms with Crippen LogP contribution in [-0.4, -0.2) is 0 Å². The summed E-state index contributed by atoms with van der Waals surface area (Å²) < 4.78 is 2.06. The smallest absolute Gasteiger partial charge is 0.0186 e. The highest BCUT2D eigenvalue weighted by molar-refractivity contribution is 9.10. The van der Waals surface area contributed by atoms with Crippen molar-refractivity contribution in [1.29, 1.82) is 0 Å². The highest BCUT2D eigenvalue weighted by Gasteiger charge is 1.98. The standard InChI is InChI=1S/C14H10Br2S2/c15-11-5-3-9(13(17)7-11)1-2-10-4-6-12(16)8-14(10)18/h1-8,17-18H. The summed E-state index contributed by atoms with van der Waals surface area (Å²) >= 11 is 15.7. The lowest BCUT2D eigenvalue weighted by atomic mass is 10.1. The van der Waals surface area contributed by atoms with E-state index < -0.39 is 0 Å². The van der Waals surface area contributed by atoms with E-state index in [1.54, 1.807) is 0 Å². The fraction of sp³-hybridized carbons (Fsp3) is 0. The molecule has 92 valence electrons. The first-order chi connectivity index (χ1) is 8.56. The molecule has 18 heavy (non-hydrogen) atoms. The van der Waals surface area contributed by atoms with E-state index in [1.807, 2.05) is 48.6 Å². The summed E-state index contributed by atoms with van der Waals surface area (Å²) in [6, 6.07) is 12.0. The van der Waals surface area contributed by atoms with Crippen LogP contribution in [-0.2, 0) is 0 Å². The fourth-order valence-electron chi connectivity index (χ4n) is 1.50. The summed E-state index contributed by atoms with van der Waals surface area (Å²) in [5, 5.41) is 0. The molecule has 2 aromatic carbocycles. The number of benzene rings is 2. The third-order valence-corrected chi connectivity index (χ3v) is 4.19. The predicted molar refractivity (Wildman–Crippen MR) is 91.7 cm³/mol. The lowest BCUT2D eigenvalue weighted by Gasteiger charge is -2.02. The fourth-order valence-corrected chi connectivity index (χ4v) is 3.15. The minimum Gasteiger partial charge on any atom is -0.143 e. The first-order valence-electron chi connectivity index (χ1n) is 5.21. The van der Waals surface area contributed by atoms with Crippen LogP contribution in [0.15, 0.2) is 55.1 Å². The van der Waals surface area contributed by atoms with Crippen molar-refractivity contribution in [3.8, 4) is 0 Å². The van der Waals surface area contributed by atoms with Crippen molar-refractivity contribution in [3.63, 3.8) is 0 Å². The maximum absolute atomic E-state index is 4.45. The molecule has 0 radical (unpaired) electrons. The zero-order valence-corrected chi connectivity index (χ0v) is 14.2. The lowest BCUT2D eigenvalue weighted by Crippen LogP contribution is -1.79. The van der Waals surface area contributed by atoms with Crippen LogP contribution in [0, 0.1) is 0 Å². The maximum atomic E-state index is 4.45. The summed E-state index contributed by atoms with van der Waals surface area (Å²) in [6.07, 6.45) is 4.08. The number of hydrogen-bond donors (Lipinski definition) is 2. The SMILES string of the molecule is Sc1cc(Br)ccc1C=Cc1ccc(Br)cc1S. The van der Waals surface area contributed by atoms with E-state index in [-0.39, 0.29) is 0 Å². The second-order valence-corrected chi connectivity index (χ2v) is 6.53. The molecule has 0 amide bonds. The van der Waals surface area contributed by atoms with Crippen molar-refractivity contribution in [2.24, 2.45) is 0 Å². The molecule has 0 bridgehead atoms. The third-order valence-electron chi connectivity index (χ3n) is 2.43. The van der Waals surface area contributed by atoms with Crippen molar-refractivity contribution in [2.75, 3.05) is 0 Å². The number of hydrogen-bond acceptors (Lipinski definition) is 2. The van der Waals surface area contributed by atoms with Gasteiger partial charge < -0.3 is 0 Å². The highest BCUT2D eigenvalue weighted by Crippen LogP contribution is 2.24. The van der Waals surface area contributed by atoms with Gasteiger partial charge in [-0.3, -0.25) is 0 Å². The number of halogens is 2. The van der Waals surface area contributed by atoms with Gasteiger partial charge >= 0.3 is 0 Å². The van der Waals surface area contributed by atoms with E-state index in [1.165, 1.54) is 0 Å². The molecule has 0 aliphatic rings. The molecular weight excluding hydrogens is 392 g/mol. The largest absolute Gasteiger partial charge is 0.143 e. The van der Waals surface area contributed by atoms with Crippen LogP contribution >= 0.6 is 57.1 Å². The zero-order valence-electron chi connectivity index (χ0n) is 9.27. The Morgan fingerprint density at radius 1 is 0.722 bits per heavy atom. The maximum Gasteiger partial charge on any atom is 0.0186 e. The van der Waals surface area contributed by atoms with E-state index in [0.717, 1.165) is 29.9 Å². The van der Waals surface area contributed by atoms with Gasteiger partial charge in [0.1, 0.15) is 0 Å². The molecule has 0 aromatic heterocycles. The van der Waals surface area contributed by atoms with Crippen LogP contribution in [0.3, 0.4) is 0 Å². The molecule has 4 heteroatoms. The Balaban J connectivity index is 2.30. The molecule has 0 unspecified atom stereocenters. The summed E-state index contributed by atoms with van der Waals surface area (Å²) in [5.74, 6) is 0. The molecule has 0 saturated carbocycles. The lowest BCUT2D eigenvalue weighted by molar-refractivity contribution is 1.40. The Kier molecular flexibility index (Phi) is 5.01. The van der Waals surface area contributed by atoms with Gasteiger partial charge in [0, 0.05) is 18.7 Å². The third kappa shape index (κ3) is 3.67. The van der Waals surface area contributed by atoms with Crippen molar-refractivity contribution >= 4 is 69.3 Å². The van der Waals surface area contributed by atoms with Gasteiger partial charge in [0.2, 0.25) is 0 Å². The van der Waals surface area contributed by atoms with E-state index in [2.05, 4.69) is 57.1 Å². The monoisotopic (exact) mass is 400 g/mol. The molecule has 0 fully saturated rings. The van der Waals surface area contributed by atoms with Crippen LogP contribution in [0.2, 0.25) is 0 Å². The first kappa shape index (κ1) is 14.3. The Hall–Kier alpha value is -0.160. The summed E-state index contributed by atoms with van der Waals surface area (Å²) in [7, 11) is 0. The van der Waals surface area contributed by atoms with Crippen LogP contribution in [0.25, 0.3) is 12.2 Å². The van der Waals surface area contributed by atoms with Gasteiger partial charge in [0.25, 0.3) is 0 Å².